The number of thiazole rings is 1. The second kappa shape index (κ2) is 4.67. The molecule has 0 N–H and O–H groups in total. The molecule has 2 aromatic heterocycles. The quantitative estimate of drug-likeness (QED) is 0.640. The van der Waals surface area contributed by atoms with E-state index in [0.717, 1.165) is 0 Å². The summed E-state index contributed by atoms with van der Waals surface area (Å²) in [5, 5.41) is 1.78. The molecule has 8 heteroatoms. The number of hydrogen-bond donors (Lipinski definition) is 0. The third-order valence-corrected chi connectivity index (χ3v) is 2.35. The Morgan fingerprint density at radius 1 is 1.43 bits per heavy atom. The molecule has 2 rings (SSSR count). The first-order chi connectivity index (χ1) is 6.04. The van der Waals surface area contributed by atoms with Crippen molar-refractivity contribution in [2.24, 2.45) is 0 Å². The van der Waals surface area contributed by atoms with Crippen molar-refractivity contribution in [1.29, 1.82) is 0 Å². The van der Waals surface area contributed by atoms with Gasteiger partial charge in [-0.25, -0.2) is 4.98 Å². The van der Waals surface area contributed by atoms with E-state index in [4.69, 9.17) is 0 Å². The minimum Gasteiger partial charge on any atom is -0.449 e. The molecule has 14 heavy (non-hydrogen) atoms. The molecule has 70 valence electrons. The first kappa shape index (κ1) is 12.7. The SMILES string of the molecule is F[B-](F)(F)Cc1cn2ccsc2n1.[K+]. The topological polar surface area (TPSA) is 17.3 Å². The van der Waals surface area contributed by atoms with E-state index in [0.29, 0.717) is 4.96 Å². The van der Waals surface area contributed by atoms with Gasteiger partial charge >= 0.3 is 58.4 Å². The van der Waals surface area contributed by atoms with Gasteiger partial charge in [0.15, 0.2) is 4.96 Å². The average molecular weight is 244 g/mol. The average Bonchev–Trinajstić information content (AvgIpc) is 2.40. The fourth-order valence-corrected chi connectivity index (χ4v) is 1.83. The Bertz CT molecular complexity index is 395. The number of imidazole rings is 1. The van der Waals surface area contributed by atoms with Gasteiger partial charge in [0, 0.05) is 23.5 Å². The molecule has 0 saturated carbocycles. The molecule has 0 aliphatic rings. The number of rotatable bonds is 2. The van der Waals surface area contributed by atoms with E-state index in [9.17, 15) is 12.9 Å². The summed E-state index contributed by atoms with van der Waals surface area (Å²) in [7, 11) is 0. The monoisotopic (exact) mass is 244 g/mol. The van der Waals surface area contributed by atoms with E-state index in [1.807, 2.05) is 0 Å². The van der Waals surface area contributed by atoms with Crippen LogP contribution in [0.15, 0.2) is 17.8 Å². The maximum atomic E-state index is 12.0. The second-order valence-electron chi connectivity index (χ2n) is 2.74. The molecule has 0 atom stereocenters. The minimum atomic E-state index is -4.77. The predicted octanol–water partition coefficient (Wildman–Crippen LogP) is -0.671. The summed E-state index contributed by atoms with van der Waals surface area (Å²) in [5.41, 5.74) is 0.0966. The Morgan fingerprint density at radius 2 is 2.14 bits per heavy atom. The first-order valence-corrected chi connectivity index (χ1v) is 4.55. The van der Waals surface area contributed by atoms with Crippen molar-refractivity contribution in [2.75, 3.05) is 0 Å². The number of nitrogens with zero attached hydrogens (tertiary/aromatic N) is 2. The fraction of sp³-hybridized carbons (Fsp3) is 0.167. The number of fused-ring (bicyclic) bond motifs is 1. The van der Waals surface area contributed by atoms with Gasteiger partial charge in [-0.3, -0.25) is 4.40 Å². The summed E-state index contributed by atoms with van der Waals surface area (Å²) in [4.78, 5) is 4.44. The van der Waals surface area contributed by atoms with Crippen molar-refractivity contribution in [2.45, 2.75) is 6.32 Å². The van der Waals surface area contributed by atoms with Crippen LogP contribution in [0.4, 0.5) is 12.9 Å². The number of hydrogen-bond acceptors (Lipinski definition) is 2. The molecule has 2 heterocycles. The number of halogens is 3. The Morgan fingerprint density at radius 3 is 2.71 bits per heavy atom. The zero-order valence-electron chi connectivity index (χ0n) is 7.45. The summed E-state index contributed by atoms with van der Waals surface area (Å²) in [5.74, 6) is 0. The third-order valence-electron chi connectivity index (χ3n) is 1.58. The molecule has 2 nitrogen and oxygen atoms in total. The van der Waals surface area contributed by atoms with Gasteiger partial charge in [0.05, 0.1) is 0 Å². The van der Waals surface area contributed by atoms with Crippen molar-refractivity contribution in [1.82, 2.24) is 9.38 Å². The molecule has 0 spiro atoms. The Hall–Kier alpha value is 0.661. The van der Waals surface area contributed by atoms with Gasteiger partial charge in [-0.1, -0.05) is 0 Å². The molecule has 0 aromatic carbocycles. The van der Waals surface area contributed by atoms with E-state index in [2.05, 4.69) is 4.98 Å². The Balaban J connectivity index is 0.000000980. The maximum absolute atomic E-state index is 12.0. The molecule has 0 aliphatic heterocycles. The fourth-order valence-electron chi connectivity index (χ4n) is 1.11. The van der Waals surface area contributed by atoms with Crippen LogP contribution in [0.3, 0.4) is 0 Å². The maximum Gasteiger partial charge on any atom is 1.00 e. The van der Waals surface area contributed by atoms with Crippen molar-refractivity contribution in [3.05, 3.63) is 23.5 Å². The molecular formula is C6H5BF3KN2S. The van der Waals surface area contributed by atoms with Gasteiger partial charge in [0.2, 0.25) is 0 Å². The normalized spacial score (nSPS) is 11.6. The van der Waals surface area contributed by atoms with Gasteiger partial charge in [-0.2, -0.15) is 0 Å². The Kier molecular flexibility index (Phi) is 4.24. The van der Waals surface area contributed by atoms with Crippen molar-refractivity contribution >= 4 is 23.3 Å². The predicted molar refractivity (Wildman–Crippen MR) is 45.9 cm³/mol. The molecular weight excluding hydrogens is 239 g/mol. The van der Waals surface area contributed by atoms with Crippen molar-refractivity contribution < 1.29 is 64.3 Å². The van der Waals surface area contributed by atoms with Crippen LogP contribution in [-0.2, 0) is 6.32 Å². The summed E-state index contributed by atoms with van der Waals surface area (Å²) in [6.07, 6.45) is 2.22. The van der Waals surface area contributed by atoms with Crippen LogP contribution in [0.1, 0.15) is 5.69 Å². The van der Waals surface area contributed by atoms with Crippen LogP contribution >= 0.6 is 11.3 Å². The van der Waals surface area contributed by atoms with Gasteiger partial charge in [0.25, 0.3) is 0 Å². The largest absolute Gasteiger partial charge is 1.00 e. The molecule has 0 saturated heterocycles. The molecule has 0 amide bonds. The van der Waals surface area contributed by atoms with E-state index < -0.39 is 13.3 Å². The zero-order valence-corrected chi connectivity index (χ0v) is 11.4. The minimum absolute atomic E-state index is 0. The molecule has 2 aromatic rings. The van der Waals surface area contributed by atoms with E-state index in [1.165, 1.54) is 17.5 Å². The Labute approximate surface area is 125 Å². The van der Waals surface area contributed by atoms with Crippen LogP contribution in [0.5, 0.6) is 0 Å². The molecule has 0 aliphatic carbocycles. The smallest absolute Gasteiger partial charge is 0.449 e. The van der Waals surface area contributed by atoms with Crippen molar-refractivity contribution in [3.8, 4) is 0 Å². The van der Waals surface area contributed by atoms with Crippen LogP contribution in [0.2, 0.25) is 0 Å². The van der Waals surface area contributed by atoms with Crippen LogP contribution in [0.25, 0.3) is 4.96 Å². The second-order valence-corrected chi connectivity index (χ2v) is 3.61. The van der Waals surface area contributed by atoms with Gasteiger partial charge in [-0.05, 0) is 6.32 Å². The summed E-state index contributed by atoms with van der Waals surface area (Å²) in [6.45, 7) is -4.77. The van der Waals surface area contributed by atoms with Crippen LogP contribution in [0, 0.1) is 0 Å². The molecule has 0 fully saturated rings. The summed E-state index contributed by atoms with van der Waals surface area (Å²) in [6, 6.07) is 0. The van der Waals surface area contributed by atoms with Crippen LogP contribution in [-0.4, -0.2) is 16.4 Å². The summed E-state index contributed by atoms with van der Waals surface area (Å²) < 4.78 is 37.6. The summed E-state index contributed by atoms with van der Waals surface area (Å²) >= 11 is 1.33. The van der Waals surface area contributed by atoms with Crippen LogP contribution < -0.4 is 51.4 Å². The molecule has 0 radical (unpaired) electrons. The molecule has 0 unspecified atom stereocenters. The zero-order chi connectivity index (χ0) is 9.47. The van der Waals surface area contributed by atoms with E-state index in [1.54, 1.807) is 16.0 Å². The van der Waals surface area contributed by atoms with E-state index in [-0.39, 0.29) is 57.1 Å². The van der Waals surface area contributed by atoms with Gasteiger partial charge in [-0.15, -0.1) is 11.3 Å². The molecule has 0 bridgehead atoms. The third kappa shape index (κ3) is 3.08. The first-order valence-electron chi connectivity index (χ1n) is 3.67. The van der Waals surface area contributed by atoms with E-state index >= 15 is 0 Å². The van der Waals surface area contributed by atoms with Gasteiger partial charge in [0.1, 0.15) is 0 Å². The number of aromatic nitrogens is 2. The van der Waals surface area contributed by atoms with Crippen molar-refractivity contribution in [3.63, 3.8) is 0 Å². The van der Waals surface area contributed by atoms with Gasteiger partial charge < -0.3 is 12.9 Å². The standard InChI is InChI=1S/C6H5BF3N2S.K/c8-7(9,10)3-5-4-12-1-2-13-6(12)11-5;/h1-2,4H,3H2;/q-1;+1.